The van der Waals surface area contributed by atoms with E-state index in [1.165, 1.54) is 23.1 Å². The van der Waals surface area contributed by atoms with E-state index in [4.69, 9.17) is 9.72 Å². The van der Waals surface area contributed by atoms with Crippen molar-refractivity contribution in [3.63, 3.8) is 0 Å². The second-order valence-corrected chi connectivity index (χ2v) is 8.66. The van der Waals surface area contributed by atoms with Gasteiger partial charge >= 0.3 is 5.97 Å². The van der Waals surface area contributed by atoms with E-state index >= 15 is 0 Å². The van der Waals surface area contributed by atoms with E-state index in [2.05, 4.69) is 11.6 Å². The highest BCUT2D eigenvalue weighted by Gasteiger charge is 2.21. The Morgan fingerprint density at radius 3 is 2.84 bits per heavy atom. The van der Waals surface area contributed by atoms with Gasteiger partial charge in [0.1, 0.15) is 4.83 Å². The Morgan fingerprint density at radius 1 is 1.26 bits per heavy atom. The number of carbonyl (C=O) groups is 1. The van der Waals surface area contributed by atoms with Crippen molar-refractivity contribution in [2.75, 3.05) is 6.61 Å². The second-order valence-electron chi connectivity index (χ2n) is 6.82. The molecule has 0 amide bonds. The SMILES string of the molecule is C=CCn1c(SCc2nc3ccccc3c(C)c2C(=O)OCC)nc2sccc2c1=O. The third kappa shape index (κ3) is 4.00. The molecule has 0 aliphatic heterocycles. The predicted octanol–water partition coefficient (Wildman–Crippen LogP) is 4.97. The quantitative estimate of drug-likeness (QED) is 0.171. The minimum atomic E-state index is -0.390. The lowest BCUT2D eigenvalue weighted by molar-refractivity contribution is 0.0524. The molecule has 0 saturated carbocycles. The lowest BCUT2D eigenvalue weighted by atomic mass is 10.0. The highest BCUT2D eigenvalue weighted by molar-refractivity contribution is 7.98. The van der Waals surface area contributed by atoms with Crippen molar-refractivity contribution < 1.29 is 9.53 Å². The number of aromatic nitrogens is 3. The van der Waals surface area contributed by atoms with Gasteiger partial charge in [0.05, 0.1) is 28.8 Å². The zero-order valence-electron chi connectivity index (χ0n) is 17.3. The summed E-state index contributed by atoms with van der Waals surface area (Å²) in [7, 11) is 0. The molecule has 8 heteroatoms. The molecule has 4 rings (SSSR count). The van der Waals surface area contributed by atoms with Crippen LogP contribution in [-0.4, -0.2) is 27.1 Å². The number of fused-ring (bicyclic) bond motifs is 2. The van der Waals surface area contributed by atoms with Crippen LogP contribution in [0.3, 0.4) is 0 Å². The number of thiophene rings is 1. The summed E-state index contributed by atoms with van der Waals surface area (Å²) >= 11 is 2.81. The van der Waals surface area contributed by atoms with E-state index in [9.17, 15) is 9.59 Å². The number of pyridine rings is 1. The molecule has 0 unspecified atom stereocenters. The number of esters is 1. The summed E-state index contributed by atoms with van der Waals surface area (Å²) in [5.41, 5.74) is 2.65. The molecule has 158 valence electrons. The standard InChI is InChI=1S/C23H21N3O3S2/c1-4-11-26-21(27)16-10-12-30-20(16)25-23(26)31-13-18-19(22(28)29-5-2)14(3)15-8-6-7-9-17(15)24-18/h4,6-10,12H,1,5,11,13H2,2-3H3. The number of thioether (sulfide) groups is 1. The smallest absolute Gasteiger partial charge is 0.340 e. The highest BCUT2D eigenvalue weighted by Crippen LogP contribution is 2.29. The second kappa shape index (κ2) is 9.03. The van der Waals surface area contributed by atoms with E-state index in [1.807, 2.05) is 36.6 Å². The largest absolute Gasteiger partial charge is 0.462 e. The zero-order valence-corrected chi connectivity index (χ0v) is 18.9. The topological polar surface area (TPSA) is 74.1 Å². The summed E-state index contributed by atoms with van der Waals surface area (Å²) in [5.74, 6) is -0.0145. The van der Waals surface area contributed by atoms with Gasteiger partial charge in [0.25, 0.3) is 5.56 Å². The maximum absolute atomic E-state index is 12.9. The monoisotopic (exact) mass is 451 g/mol. The van der Waals surface area contributed by atoms with Crippen molar-refractivity contribution in [1.29, 1.82) is 0 Å². The number of rotatable bonds is 7. The van der Waals surface area contributed by atoms with Crippen LogP contribution in [0.4, 0.5) is 0 Å². The van der Waals surface area contributed by atoms with Gasteiger partial charge < -0.3 is 4.74 Å². The Balaban J connectivity index is 1.79. The molecule has 0 saturated heterocycles. The van der Waals surface area contributed by atoms with Crippen LogP contribution in [0.2, 0.25) is 0 Å². The number of hydrogen-bond donors (Lipinski definition) is 0. The average molecular weight is 452 g/mol. The molecule has 4 aromatic rings. The number of para-hydroxylation sites is 1. The van der Waals surface area contributed by atoms with Gasteiger partial charge in [-0.05, 0) is 36.9 Å². The normalized spacial score (nSPS) is 11.2. The lowest BCUT2D eigenvalue weighted by Gasteiger charge is -2.15. The summed E-state index contributed by atoms with van der Waals surface area (Å²) < 4.78 is 6.91. The van der Waals surface area contributed by atoms with Crippen LogP contribution in [-0.2, 0) is 17.0 Å². The summed E-state index contributed by atoms with van der Waals surface area (Å²) in [4.78, 5) is 35.8. The third-order valence-corrected chi connectivity index (χ3v) is 6.70. The zero-order chi connectivity index (χ0) is 22.0. The fourth-order valence-electron chi connectivity index (χ4n) is 3.48. The molecule has 0 N–H and O–H groups in total. The Hall–Kier alpha value is -2.97. The van der Waals surface area contributed by atoms with Gasteiger partial charge in [-0.25, -0.2) is 9.78 Å². The Labute approximate surface area is 187 Å². The molecule has 0 bridgehead atoms. The van der Waals surface area contributed by atoms with Crippen molar-refractivity contribution in [3.05, 3.63) is 75.5 Å². The minimum absolute atomic E-state index is 0.0954. The van der Waals surface area contributed by atoms with E-state index in [-0.39, 0.29) is 18.1 Å². The molecule has 6 nitrogen and oxygen atoms in total. The number of benzene rings is 1. The fraction of sp³-hybridized carbons (Fsp3) is 0.217. The van der Waals surface area contributed by atoms with Gasteiger partial charge in [-0.2, -0.15) is 0 Å². The molecular formula is C23H21N3O3S2. The molecule has 1 aromatic carbocycles. The molecule has 0 atom stereocenters. The summed E-state index contributed by atoms with van der Waals surface area (Å²) in [5, 5.41) is 3.95. The van der Waals surface area contributed by atoms with Crippen LogP contribution in [0.1, 0.15) is 28.5 Å². The van der Waals surface area contributed by atoms with Crippen LogP contribution >= 0.6 is 23.1 Å². The van der Waals surface area contributed by atoms with Gasteiger partial charge in [0, 0.05) is 17.7 Å². The van der Waals surface area contributed by atoms with Gasteiger partial charge in [0.2, 0.25) is 0 Å². The number of nitrogens with zero attached hydrogens (tertiary/aromatic N) is 3. The first-order chi connectivity index (χ1) is 15.0. The van der Waals surface area contributed by atoms with Crippen molar-refractivity contribution in [2.24, 2.45) is 0 Å². The maximum atomic E-state index is 12.9. The van der Waals surface area contributed by atoms with Gasteiger partial charge in [-0.15, -0.1) is 17.9 Å². The highest BCUT2D eigenvalue weighted by atomic mass is 32.2. The van der Waals surface area contributed by atoms with Crippen LogP contribution in [0.5, 0.6) is 0 Å². The molecule has 3 heterocycles. The first-order valence-corrected chi connectivity index (χ1v) is 11.7. The minimum Gasteiger partial charge on any atom is -0.462 e. The number of hydrogen-bond acceptors (Lipinski definition) is 7. The summed E-state index contributed by atoms with van der Waals surface area (Å²) in [6.07, 6.45) is 1.67. The molecule has 3 aromatic heterocycles. The van der Waals surface area contributed by atoms with E-state index in [0.29, 0.717) is 38.9 Å². The third-order valence-electron chi connectivity index (χ3n) is 4.90. The Kier molecular flexibility index (Phi) is 6.20. The molecule has 0 spiro atoms. The molecule has 0 aliphatic carbocycles. The summed E-state index contributed by atoms with van der Waals surface area (Å²) in [6.45, 7) is 8.09. The summed E-state index contributed by atoms with van der Waals surface area (Å²) in [6, 6.07) is 9.51. The van der Waals surface area contributed by atoms with E-state index in [1.54, 1.807) is 23.6 Å². The Bertz CT molecular complexity index is 1360. The molecule has 31 heavy (non-hydrogen) atoms. The van der Waals surface area contributed by atoms with Crippen LogP contribution < -0.4 is 5.56 Å². The lowest BCUT2D eigenvalue weighted by Crippen LogP contribution is -2.22. The van der Waals surface area contributed by atoms with Gasteiger partial charge in [-0.1, -0.05) is 36.0 Å². The van der Waals surface area contributed by atoms with Crippen molar-refractivity contribution >= 4 is 50.2 Å². The first kappa shape index (κ1) is 21.3. The average Bonchev–Trinajstić information content (AvgIpc) is 3.23. The van der Waals surface area contributed by atoms with Crippen molar-refractivity contribution in [1.82, 2.24) is 14.5 Å². The predicted molar refractivity (Wildman–Crippen MR) is 126 cm³/mol. The van der Waals surface area contributed by atoms with E-state index < -0.39 is 0 Å². The van der Waals surface area contributed by atoms with Crippen LogP contribution in [0, 0.1) is 6.92 Å². The Morgan fingerprint density at radius 2 is 2.06 bits per heavy atom. The fourth-order valence-corrected chi connectivity index (χ4v) is 5.24. The van der Waals surface area contributed by atoms with Gasteiger partial charge in [-0.3, -0.25) is 14.3 Å². The number of carbonyl (C=O) groups excluding carboxylic acids is 1. The van der Waals surface area contributed by atoms with E-state index in [0.717, 1.165) is 16.5 Å². The number of allylic oxidation sites excluding steroid dienone is 1. The number of ether oxygens (including phenoxy) is 1. The molecule has 0 fully saturated rings. The molecule has 0 aliphatic rings. The van der Waals surface area contributed by atoms with Crippen LogP contribution in [0.15, 0.2) is 58.3 Å². The molecule has 0 radical (unpaired) electrons. The first-order valence-electron chi connectivity index (χ1n) is 9.82. The van der Waals surface area contributed by atoms with Gasteiger partial charge in [0.15, 0.2) is 5.16 Å². The number of aryl methyl sites for hydroxylation is 1. The maximum Gasteiger partial charge on any atom is 0.340 e. The van der Waals surface area contributed by atoms with Crippen molar-refractivity contribution in [2.45, 2.75) is 31.3 Å². The van der Waals surface area contributed by atoms with Crippen LogP contribution in [0.25, 0.3) is 21.1 Å². The van der Waals surface area contributed by atoms with Crippen molar-refractivity contribution in [3.8, 4) is 0 Å². The molecular weight excluding hydrogens is 430 g/mol.